The van der Waals surface area contributed by atoms with Gasteiger partial charge in [-0.2, -0.15) is 0 Å². The molecule has 1 unspecified atom stereocenters. The normalized spacial score (nSPS) is 18.7. The molecule has 1 atom stereocenters. The van der Waals surface area contributed by atoms with Crippen LogP contribution >= 0.6 is 0 Å². The number of aromatic nitrogens is 2. The highest BCUT2D eigenvalue weighted by atomic mass is 19.1. The van der Waals surface area contributed by atoms with Crippen molar-refractivity contribution in [2.45, 2.75) is 58.0 Å². The molecule has 1 fully saturated rings. The van der Waals surface area contributed by atoms with E-state index in [1.807, 2.05) is 17.9 Å². The van der Waals surface area contributed by atoms with Gasteiger partial charge in [-0.05, 0) is 55.9 Å². The van der Waals surface area contributed by atoms with Crippen molar-refractivity contribution in [1.82, 2.24) is 25.5 Å². The topological polar surface area (TPSA) is 87.2 Å². The van der Waals surface area contributed by atoms with E-state index in [9.17, 15) is 14.0 Å². The predicted octanol–water partition coefficient (Wildman–Crippen LogP) is 1.85. The smallest absolute Gasteiger partial charge is 0.237 e. The Balaban J connectivity index is 1.32. The van der Waals surface area contributed by atoms with E-state index >= 15 is 0 Å². The predicted molar refractivity (Wildman–Crippen MR) is 118 cm³/mol. The van der Waals surface area contributed by atoms with Gasteiger partial charge in [0, 0.05) is 44.0 Å². The molecule has 8 heteroatoms. The third-order valence-electron chi connectivity index (χ3n) is 6.20. The number of hydrogen-bond donors (Lipinski definition) is 2. The Bertz CT molecular complexity index is 996. The van der Waals surface area contributed by atoms with E-state index in [1.165, 1.54) is 24.1 Å². The number of fused-ring (bicyclic) bond motifs is 1. The fourth-order valence-electron chi connectivity index (χ4n) is 4.56. The summed E-state index contributed by atoms with van der Waals surface area (Å²) in [6.45, 7) is 4.01. The van der Waals surface area contributed by atoms with E-state index < -0.39 is 6.04 Å². The molecule has 32 heavy (non-hydrogen) atoms. The molecule has 0 spiro atoms. The van der Waals surface area contributed by atoms with Gasteiger partial charge in [-0.25, -0.2) is 14.4 Å². The molecule has 7 nitrogen and oxygen atoms in total. The van der Waals surface area contributed by atoms with Crippen LogP contribution in [0.1, 0.15) is 47.6 Å². The zero-order valence-corrected chi connectivity index (χ0v) is 18.5. The summed E-state index contributed by atoms with van der Waals surface area (Å²) in [5, 5.41) is 5.73. The van der Waals surface area contributed by atoms with Crippen LogP contribution in [0.15, 0.2) is 24.3 Å². The number of halogens is 1. The van der Waals surface area contributed by atoms with Crippen molar-refractivity contribution in [3.63, 3.8) is 0 Å². The van der Waals surface area contributed by atoms with Crippen LogP contribution in [0.4, 0.5) is 4.39 Å². The molecule has 2 aromatic rings. The van der Waals surface area contributed by atoms with Crippen molar-refractivity contribution in [3.8, 4) is 0 Å². The molecule has 4 rings (SSSR count). The molecule has 1 aliphatic carbocycles. The maximum absolute atomic E-state index is 13.5. The molecule has 0 bridgehead atoms. The van der Waals surface area contributed by atoms with Gasteiger partial charge in [0.15, 0.2) is 0 Å². The maximum atomic E-state index is 13.5. The fourth-order valence-corrected chi connectivity index (χ4v) is 4.56. The quantitative estimate of drug-likeness (QED) is 0.688. The van der Waals surface area contributed by atoms with E-state index in [2.05, 4.69) is 15.6 Å². The van der Waals surface area contributed by atoms with Gasteiger partial charge in [-0.1, -0.05) is 12.1 Å². The van der Waals surface area contributed by atoms with Crippen molar-refractivity contribution < 1.29 is 14.0 Å². The number of carbonyl (C=O) groups excluding carboxylic acids is 2. The first-order valence-corrected chi connectivity index (χ1v) is 11.4. The second-order valence-electron chi connectivity index (χ2n) is 8.57. The number of amides is 2. The molecule has 0 radical (unpaired) electrons. The third kappa shape index (κ3) is 5.48. The number of benzene rings is 1. The summed E-state index contributed by atoms with van der Waals surface area (Å²) in [5.41, 5.74) is 4.26. The number of nitrogens with zero attached hydrogens (tertiary/aromatic N) is 3. The minimum absolute atomic E-state index is 0.0607. The van der Waals surface area contributed by atoms with Crippen LogP contribution in [-0.2, 0) is 35.4 Å². The van der Waals surface area contributed by atoms with Gasteiger partial charge in [-0.3, -0.25) is 14.5 Å². The van der Waals surface area contributed by atoms with Crippen LogP contribution in [0.25, 0.3) is 0 Å². The van der Waals surface area contributed by atoms with Crippen LogP contribution in [0.3, 0.4) is 0 Å². The molecule has 1 aliphatic heterocycles. The summed E-state index contributed by atoms with van der Waals surface area (Å²) in [5.74, 6) is 0.0897. The first-order chi connectivity index (χ1) is 15.5. The number of piperazine rings is 1. The highest BCUT2D eigenvalue weighted by Crippen LogP contribution is 2.21. The highest BCUT2D eigenvalue weighted by Gasteiger charge is 2.31. The lowest BCUT2D eigenvalue weighted by Crippen LogP contribution is -2.56. The Morgan fingerprint density at radius 1 is 1.28 bits per heavy atom. The summed E-state index contributed by atoms with van der Waals surface area (Å²) in [6.07, 6.45) is 5.02. The van der Waals surface area contributed by atoms with Gasteiger partial charge in [0.2, 0.25) is 11.8 Å². The van der Waals surface area contributed by atoms with E-state index in [1.54, 1.807) is 6.07 Å². The Morgan fingerprint density at radius 3 is 2.97 bits per heavy atom. The fraction of sp³-hybridized carbons (Fsp3) is 0.500. The Labute approximate surface area is 187 Å². The number of nitrogens with one attached hydrogen (secondary N) is 2. The standard InChI is InChI=1S/C24H30FN5O2/c1-16-19-7-2-3-8-20(19)29-22(28-16)9-10-26-23(31)14-21-24(32)27-11-12-30(21)15-17-5-4-6-18(25)13-17/h4-6,13,21H,2-3,7-12,14-15H2,1H3,(H,26,31)(H,27,32). The molecular formula is C24H30FN5O2. The molecule has 2 N–H and O–H groups in total. The van der Waals surface area contributed by atoms with Gasteiger partial charge in [-0.15, -0.1) is 0 Å². The zero-order valence-electron chi connectivity index (χ0n) is 18.5. The Morgan fingerprint density at radius 2 is 2.12 bits per heavy atom. The second kappa shape index (κ2) is 10.2. The van der Waals surface area contributed by atoms with E-state index in [4.69, 9.17) is 4.98 Å². The second-order valence-corrected chi connectivity index (χ2v) is 8.57. The van der Waals surface area contributed by atoms with Crippen molar-refractivity contribution in [2.75, 3.05) is 19.6 Å². The average molecular weight is 440 g/mol. The molecular weight excluding hydrogens is 409 g/mol. The lowest BCUT2D eigenvalue weighted by Gasteiger charge is -2.34. The van der Waals surface area contributed by atoms with Crippen molar-refractivity contribution in [2.24, 2.45) is 0 Å². The Hall–Kier alpha value is -2.87. The monoisotopic (exact) mass is 439 g/mol. The summed E-state index contributed by atoms with van der Waals surface area (Å²) in [6, 6.07) is 5.76. The third-order valence-corrected chi connectivity index (χ3v) is 6.20. The summed E-state index contributed by atoms with van der Waals surface area (Å²) < 4.78 is 13.5. The largest absolute Gasteiger partial charge is 0.356 e. The number of rotatable bonds is 7. The van der Waals surface area contributed by atoms with Crippen LogP contribution in [0.2, 0.25) is 0 Å². The van der Waals surface area contributed by atoms with Gasteiger partial charge >= 0.3 is 0 Å². The average Bonchev–Trinajstić information content (AvgIpc) is 2.76. The minimum atomic E-state index is -0.575. The summed E-state index contributed by atoms with van der Waals surface area (Å²) in [7, 11) is 0. The zero-order chi connectivity index (χ0) is 22.5. The van der Waals surface area contributed by atoms with Crippen molar-refractivity contribution in [3.05, 3.63) is 58.4 Å². The highest BCUT2D eigenvalue weighted by molar-refractivity contribution is 5.88. The van der Waals surface area contributed by atoms with Crippen molar-refractivity contribution >= 4 is 11.8 Å². The lowest BCUT2D eigenvalue weighted by atomic mass is 9.95. The Kier molecular flexibility index (Phi) is 7.09. The first kappa shape index (κ1) is 22.3. The van der Waals surface area contributed by atoms with Crippen LogP contribution in [-0.4, -0.2) is 52.4 Å². The van der Waals surface area contributed by atoms with E-state index in [-0.39, 0.29) is 24.1 Å². The molecule has 2 heterocycles. The van der Waals surface area contributed by atoms with Gasteiger partial charge in [0.25, 0.3) is 0 Å². The number of hydrogen-bond acceptors (Lipinski definition) is 5. The molecule has 1 aromatic carbocycles. The van der Waals surface area contributed by atoms with Crippen LogP contribution in [0.5, 0.6) is 0 Å². The SMILES string of the molecule is Cc1nc(CCNC(=O)CC2C(=O)NCCN2Cc2cccc(F)c2)nc2c1CCCC2. The summed E-state index contributed by atoms with van der Waals surface area (Å²) >= 11 is 0. The lowest BCUT2D eigenvalue weighted by molar-refractivity contribution is -0.134. The number of carbonyl (C=O) groups is 2. The first-order valence-electron chi connectivity index (χ1n) is 11.4. The molecule has 2 amide bonds. The van der Waals surface area contributed by atoms with Gasteiger partial charge in [0.05, 0.1) is 12.5 Å². The van der Waals surface area contributed by atoms with Gasteiger partial charge < -0.3 is 10.6 Å². The summed E-state index contributed by atoms with van der Waals surface area (Å²) in [4.78, 5) is 36.3. The molecule has 2 aliphatic rings. The van der Waals surface area contributed by atoms with Gasteiger partial charge in [0.1, 0.15) is 11.6 Å². The van der Waals surface area contributed by atoms with E-state index in [0.717, 1.165) is 42.0 Å². The maximum Gasteiger partial charge on any atom is 0.237 e. The van der Waals surface area contributed by atoms with Crippen molar-refractivity contribution in [1.29, 1.82) is 0 Å². The van der Waals surface area contributed by atoms with E-state index in [0.29, 0.717) is 32.6 Å². The molecule has 1 saturated heterocycles. The molecule has 1 aromatic heterocycles. The van der Waals surface area contributed by atoms with Crippen LogP contribution < -0.4 is 10.6 Å². The number of aryl methyl sites for hydroxylation is 2. The van der Waals surface area contributed by atoms with Crippen LogP contribution in [0, 0.1) is 12.7 Å². The molecule has 0 saturated carbocycles. The minimum Gasteiger partial charge on any atom is -0.356 e. The molecule has 170 valence electrons.